The van der Waals surface area contributed by atoms with Gasteiger partial charge >= 0.3 is 0 Å². The second-order valence-corrected chi connectivity index (χ2v) is 4.64. The zero-order valence-electron chi connectivity index (χ0n) is 10.5. The van der Waals surface area contributed by atoms with Crippen molar-refractivity contribution >= 4 is 23.2 Å². The van der Waals surface area contributed by atoms with Crippen molar-refractivity contribution in [1.82, 2.24) is 16.0 Å². The molecule has 1 fully saturated rings. The van der Waals surface area contributed by atoms with E-state index in [1.165, 1.54) is 0 Å². The summed E-state index contributed by atoms with van der Waals surface area (Å²) in [5.41, 5.74) is 0.585. The zero-order valence-corrected chi connectivity index (χ0v) is 11.3. The number of carbonyl (C=O) groups excluding carboxylic acids is 1. The predicted molar refractivity (Wildman–Crippen MR) is 77.1 cm³/mol. The lowest BCUT2D eigenvalue weighted by molar-refractivity contribution is 0.0319. The Labute approximate surface area is 117 Å². The third kappa shape index (κ3) is 4.59. The van der Waals surface area contributed by atoms with Crippen LogP contribution in [0.15, 0.2) is 30.3 Å². The first-order valence-electron chi connectivity index (χ1n) is 6.22. The number of amides is 1. The molecule has 1 aromatic rings. The minimum Gasteiger partial charge on any atom is -0.374 e. The zero-order chi connectivity index (χ0) is 13.5. The van der Waals surface area contributed by atoms with Gasteiger partial charge in [0.05, 0.1) is 12.7 Å². The van der Waals surface area contributed by atoms with Gasteiger partial charge in [0.25, 0.3) is 5.91 Å². The van der Waals surface area contributed by atoms with Gasteiger partial charge in [-0.3, -0.25) is 10.1 Å². The monoisotopic (exact) mass is 279 g/mol. The topological polar surface area (TPSA) is 62.4 Å². The van der Waals surface area contributed by atoms with E-state index in [9.17, 15) is 4.79 Å². The Morgan fingerprint density at radius 3 is 2.89 bits per heavy atom. The SMILES string of the molecule is O=C(NC(=S)NCC1CNCCO1)c1ccccc1. The molecule has 1 unspecified atom stereocenters. The maximum atomic E-state index is 11.8. The number of nitrogens with one attached hydrogen (secondary N) is 3. The summed E-state index contributed by atoms with van der Waals surface area (Å²) in [6.45, 7) is 2.96. The van der Waals surface area contributed by atoms with E-state index >= 15 is 0 Å². The van der Waals surface area contributed by atoms with E-state index in [-0.39, 0.29) is 12.0 Å². The smallest absolute Gasteiger partial charge is 0.257 e. The molecule has 0 spiro atoms. The van der Waals surface area contributed by atoms with Gasteiger partial charge < -0.3 is 15.4 Å². The fraction of sp³-hybridized carbons (Fsp3) is 0.385. The molecule has 0 radical (unpaired) electrons. The lowest BCUT2D eigenvalue weighted by Gasteiger charge is -2.24. The summed E-state index contributed by atoms with van der Waals surface area (Å²) in [7, 11) is 0. The first-order valence-corrected chi connectivity index (χ1v) is 6.63. The van der Waals surface area contributed by atoms with Crippen molar-refractivity contribution in [3.63, 3.8) is 0 Å². The quantitative estimate of drug-likeness (QED) is 0.694. The number of thiocarbonyl (C=S) groups is 1. The summed E-state index contributed by atoms with van der Waals surface area (Å²) >= 11 is 5.08. The minimum absolute atomic E-state index is 0.0836. The molecule has 1 atom stereocenters. The molecule has 102 valence electrons. The Morgan fingerprint density at radius 2 is 2.21 bits per heavy atom. The fourth-order valence-corrected chi connectivity index (χ4v) is 1.94. The summed E-state index contributed by atoms with van der Waals surface area (Å²) in [6.07, 6.45) is 0.0836. The fourth-order valence-electron chi connectivity index (χ4n) is 1.77. The second kappa shape index (κ2) is 7.18. The Bertz CT molecular complexity index is 433. The van der Waals surface area contributed by atoms with Crippen LogP contribution in [-0.2, 0) is 4.74 Å². The van der Waals surface area contributed by atoms with E-state index in [4.69, 9.17) is 17.0 Å². The molecule has 1 aliphatic heterocycles. The van der Waals surface area contributed by atoms with E-state index in [1.807, 2.05) is 18.2 Å². The Balaban J connectivity index is 1.73. The number of carbonyl (C=O) groups is 1. The van der Waals surface area contributed by atoms with Gasteiger partial charge in [0.15, 0.2) is 5.11 Å². The van der Waals surface area contributed by atoms with Crippen LogP contribution in [0.3, 0.4) is 0 Å². The van der Waals surface area contributed by atoms with Crippen LogP contribution < -0.4 is 16.0 Å². The lowest BCUT2D eigenvalue weighted by Crippen LogP contribution is -2.48. The van der Waals surface area contributed by atoms with Gasteiger partial charge in [-0.2, -0.15) is 0 Å². The highest BCUT2D eigenvalue weighted by atomic mass is 32.1. The number of rotatable bonds is 3. The molecule has 6 heteroatoms. The average Bonchev–Trinajstić information content (AvgIpc) is 2.47. The van der Waals surface area contributed by atoms with E-state index in [0.29, 0.717) is 23.8 Å². The molecule has 1 amide bonds. The standard InChI is InChI=1S/C13H17N3O2S/c17-12(10-4-2-1-3-5-10)16-13(19)15-9-11-8-14-6-7-18-11/h1-5,11,14H,6-9H2,(H2,15,16,17,19). The molecule has 0 bridgehead atoms. The van der Waals surface area contributed by atoms with Crippen LogP contribution in [0.25, 0.3) is 0 Å². The molecule has 1 heterocycles. The highest BCUT2D eigenvalue weighted by Gasteiger charge is 2.14. The molecule has 0 saturated carbocycles. The highest BCUT2D eigenvalue weighted by Crippen LogP contribution is 1.98. The number of morpholine rings is 1. The molecular weight excluding hydrogens is 262 g/mol. The molecule has 0 aromatic heterocycles. The normalized spacial score (nSPS) is 18.6. The van der Waals surface area contributed by atoms with Gasteiger partial charge in [0.1, 0.15) is 0 Å². The Hall–Kier alpha value is -1.50. The lowest BCUT2D eigenvalue weighted by atomic mass is 10.2. The first kappa shape index (κ1) is 13.9. The van der Waals surface area contributed by atoms with Crippen LogP contribution >= 0.6 is 12.2 Å². The summed E-state index contributed by atoms with van der Waals surface area (Å²) in [4.78, 5) is 11.8. The van der Waals surface area contributed by atoms with E-state index in [1.54, 1.807) is 12.1 Å². The van der Waals surface area contributed by atoms with Crippen molar-refractivity contribution in [3.8, 4) is 0 Å². The average molecular weight is 279 g/mol. The summed E-state index contributed by atoms with van der Waals surface area (Å²) in [5, 5.41) is 9.18. The summed E-state index contributed by atoms with van der Waals surface area (Å²) < 4.78 is 5.52. The Morgan fingerprint density at radius 1 is 1.42 bits per heavy atom. The maximum Gasteiger partial charge on any atom is 0.257 e. The predicted octanol–water partition coefficient (Wildman–Crippen LogP) is 0.279. The van der Waals surface area contributed by atoms with Gasteiger partial charge in [-0.25, -0.2) is 0 Å². The van der Waals surface area contributed by atoms with E-state index < -0.39 is 0 Å². The van der Waals surface area contributed by atoms with Gasteiger partial charge in [0, 0.05) is 25.2 Å². The van der Waals surface area contributed by atoms with Crippen molar-refractivity contribution in [2.75, 3.05) is 26.2 Å². The third-order valence-electron chi connectivity index (χ3n) is 2.76. The van der Waals surface area contributed by atoms with Crippen LogP contribution in [0, 0.1) is 0 Å². The number of hydrogen-bond donors (Lipinski definition) is 3. The van der Waals surface area contributed by atoms with Gasteiger partial charge in [-0.1, -0.05) is 18.2 Å². The second-order valence-electron chi connectivity index (χ2n) is 4.23. The highest BCUT2D eigenvalue weighted by molar-refractivity contribution is 7.80. The van der Waals surface area contributed by atoms with Crippen LogP contribution in [0.4, 0.5) is 0 Å². The van der Waals surface area contributed by atoms with Crippen molar-refractivity contribution in [2.45, 2.75) is 6.10 Å². The summed E-state index contributed by atoms with van der Waals surface area (Å²) in [5.74, 6) is -0.208. The van der Waals surface area contributed by atoms with Crippen LogP contribution in [0.2, 0.25) is 0 Å². The number of benzene rings is 1. The largest absolute Gasteiger partial charge is 0.374 e. The Kier molecular flexibility index (Phi) is 5.26. The molecule has 0 aliphatic carbocycles. The molecule has 1 aromatic carbocycles. The van der Waals surface area contributed by atoms with Crippen LogP contribution in [0.1, 0.15) is 10.4 Å². The van der Waals surface area contributed by atoms with Crippen molar-refractivity contribution in [3.05, 3.63) is 35.9 Å². The number of ether oxygens (including phenoxy) is 1. The molecule has 19 heavy (non-hydrogen) atoms. The third-order valence-corrected chi connectivity index (χ3v) is 3.00. The van der Waals surface area contributed by atoms with Crippen LogP contribution in [0.5, 0.6) is 0 Å². The molecule has 1 aliphatic rings. The minimum atomic E-state index is -0.208. The first-order chi connectivity index (χ1) is 9.25. The number of hydrogen-bond acceptors (Lipinski definition) is 4. The van der Waals surface area contributed by atoms with Crippen molar-refractivity contribution in [2.24, 2.45) is 0 Å². The van der Waals surface area contributed by atoms with Gasteiger partial charge in [-0.15, -0.1) is 0 Å². The molecule has 1 saturated heterocycles. The molecule has 3 N–H and O–H groups in total. The van der Waals surface area contributed by atoms with Crippen molar-refractivity contribution < 1.29 is 9.53 Å². The van der Waals surface area contributed by atoms with E-state index in [2.05, 4.69) is 16.0 Å². The van der Waals surface area contributed by atoms with Gasteiger partial charge in [-0.05, 0) is 24.4 Å². The molecule has 2 rings (SSSR count). The van der Waals surface area contributed by atoms with Gasteiger partial charge in [0.2, 0.25) is 0 Å². The van der Waals surface area contributed by atoms with Crippen molar-refractivity contribution in [1.29, 1.82) is 0 Å². The molecular formula is C13H17N3O2S. The summed E-state index contributed by atoms with van der Waals surface area (Å²) in [6, 6.07) is 8.97. The van der Waals surface area contributed by atoms with Crippen LogP contribution in [-0.4, -0.2) is 43.4 Å². The maximum absolute atomic E-state index is 11.8. The molecule has 5 nitrogen and oxygen atoms in total. The van der Waals surface area contributed by atoms with E-state index in [0.717, 1.165) is 13.1 Å².